The molecule has 4 aromatic rings. The number of hydrogen-bond donors (Lipinski definition) is 4. The summed E-state index contributed by atoms with van der Waals surface area (Å²) in [6.45, 7) is 13.3. The zero-order valence-corrected chi connectivity index (χ0v) is 38.7. The van der Waals surface area contributed by atoms with Crippen LogP contribution in [0.3, 0.4) is 0 Å². The van der Waals surface area contributed by atoms with E-state index in [-0.39, 0.29) is 34.9 Å². The van der Waals surface area contributed by atoms with Gasteiger partial charge in [-0.3, -0.25) is 14.6 Å². The van der Waals surface area contributed by atoms with Crippen LogP contribution in [0.2, 0.25) is 0 Å². The molecule has 5 N–H and O–H groups in total. The number of ketones is 1. The Morgan fingerprint density at radius 2 is 1.10 bits per heavy atom. The molecule has 0 radical (unpaired) electrons. The van der Waals surface area contributed by atoms with Gasteiger partial charge in [0.25, 0.3) is 0 Å². The molecule has 0 heterocycles. The molecule has 344 valence electrons. The molecule has 0 aliphatic heterocycles. The molecule has 0 aliphatic carbocycles. The lowest BCUT2D eigenvalue weighted by Crippen LogP contribution is -2.32. The van der Waals surface area contributed by atoms with Gasteiger partial charge in [-0.1, -0.05) is 92.8 Å². The third-order valence-corrected chi connectivity index (χ3v) is 9.02. The number of aliphatic imine (C=N–C) groups is 1. The Morgan fingerprint density at radius 1 is 0.603 bits per heavy atom. The number of aromatic hydroxyl groups is 2. The summed E-state index contributed by atoms with van der Waals surface area (Å²) >= 11 is 0. The first-order valence-corrected chi connectivity index (χ1v) is 21.8. The summed E-state index contributed by atoms with van der Waals surface area (Å²) in [6, 6.07) is 28.7. The fraction of sp³-hybridized carbons (Fsp3) is 0.451. The van der Waals surface area contributed by atoms with E-state index in [1.54, 1.807) is 49.6 Å². The van der Waals surface area contributed by atoms with Gasteiger partial charge < -0.3 is 40.2 Å². The van der Waals surface area contributed by atoms with Crippen LogP contribution in [0.25, 0.3) is 0 Å². The number of rotatable bonds is 20. The average molecular weight is 870 g/mol. The van der Waals surface area contributed by atoms with E-state index in [1.165, 1.54) is 13.2 Å². The number of nitrogens with two attached hydrogens (primary N) is 1. The van der Waals surface area contributed by atoms with E-state index < -0.39 is 11.2 Å². The second kappa shape index (κ2) is 28.7. The van der Waals surface area contributed by atoms with Crippen molar-refractivity contribution >= 4 is 23.6 Å². The normalized spacial score (nSPS) is 11.2. The van der Waals surface area contributed by atoms with Crippen molar-refractivity contribution in [2.45, 2.75) is 117 Å². The van der Waals surface area contributed by atoms with Crippen molar-refractivity contribution in [2.75, 3.05) is 33.9 Å². The molecule has 0 fully saturated rings. The summed E-state index contributed by atoms with van der Waals surface area (Å²) < 4.78 is 20.6. The monoisotopic (exact) mass is 870 g/mol. The van der Waals surface area contributed by atoms with E-state index in [9.17, 15) is 24.6 Å². The van der Waals surface area contributed by atoms with Gasteiger partial charge in [-0.2, -0.15) is 0 Å². The summed E-state index contributed by atoms with van der Waals surface area (Å²) in [6.07, 6.45) is 9.36. The predicted octanol–water partition coefficient (Wildman–Crippen LogP) is 10.6. The highest BCUT2D eigenvalue weighted by molar-refractivity contribution is 6.14. The fourth-order valence-corrected chi connectivity index (χ4v) is 5.96. The predicted molar refractivity (Wildman–Crippen MR) is 251 cm³/mol. The van der Waals surface area contributed by atoms with Gasteiger partial charge in [0.2, 0.25) is 0 Å². The van der Waals surface area contributed by atoms with E-state index in [0.29, 0.717) is 42.1 Å². The topological polar surface area (TPSA) is 179 Å². The third-order valence-electron chi connectivity index (χ3n) is 9.02. The largest absolute Gasteiger partial charge is 0.507 e. The number of nitrogens with zero attached hydrogens (tertiary/aromatic N) is 1. The molecule has 0 saturated carbocycles. The van der Waals surface area contributed by atoms with Crippen LogP contribution in [0, 0.1) is 0 Å². The highest BCUT2D eigenvalue weighted by Gasteiger charge is 2.17. The smallest absolute Gasteiger partial charge is 0.407 e. The number of nitrogens with one attached hydrogen (secondary N) is 1. The average Bonchev–Trinajstić information content (AvgIpc) is 3.24. The first-order valence-electron chi connectivity index (χ1n) is 21.8. The first kappa shape index (κ1) is 53.3. The molecule has 1 amide bonds. The number of alkyl carbamates (subject to hydrolysis) is 1. The Morgan fingerprint density at radius 3 is 1.62 bits per heavy atom. The van der Waals surface area contributed by atoms with Crippen molar-refractivity contribution in [1.29, 1.82) is 0 Å². The molecule has 4 aromatic carbocycles. The molecule has 0 saturated heterocycles. The van der Waals surface area contributed by atoms with Crippen molar-refractivity contribution in [3.05, 3.63) is 119 Å². The molecule has 0 aliphatic rings. The quantitative estimate of drug-likeness (QED) is 0.0289. The van der Waals surface area contributed by atoms with Crippen molar-refractivity contribution < 1.29 is 43.5 Å². The fourth-order valence-electron chi connectivity index (χ4n) is 5.96. The van der Waals surface area contributed by atoms with E-state index in [0.717, 1.165) is 75.6 Å². The van der Waals surface area contributed by atoms with E-state index in [4.69, 9.17) is 29.7 Å². The Bertz CT molecular complexity index is 1970. The zero-order valence-electron chi connectivity index (χ0n) is 38.7. The van der Waals surface area contributed by atoms with Crippen LogP contribution in [-0.2, 0) is 14.3 Å². The molecule has 12 nitrogen and oxygen atoms in total. The number of amides is 1. The molecular formula is C51H71N3O9. The van der Waals surface area contributed by atoms with Crippen molar-refractivity contribution in [1.82, 2.24) is 5.32 Å². The van der Waals surface area contributed by atoms with Gasteiger partial charge in [-0.15, -0.1) is 0 Å². The van der Waals surface area contributed by atoms with E-state index >= 15 is 0 Å². The van der Waals surface area contributed by atoms with Gasteiger partial charge in [-0.25, -0.2) is 4.79 Å². The minimum atomic E-state index is -0.413. The van der Waals surface area contributed by atoms with Crippen molar-refractivity contribution in [3.8, 4) is 23.0 Å². The zero-order chi connectivity index (χ0) is 46.7. The van der Waals surface area contributed by atoms with Gasteiger partial charge in [0.05, 0.1) is 25.5 Å². The van der Waals surface area contributed by atoms with Crippen LogP contribution in [0.15, 0.2) is 102 Å². The Labute approximate surface area is 375 Å². The summed E-state index contributed by atoms with van der Waals surface area (Å²) in [5.74, 6) is 0.893. The second-order valence-corrected chi connectivity index (χ2v) is 16.8. The van der Waals surface area contributed by atoms with Crippen LogP contribution in [-0.4, -0.2) is 78.8 Å². The molecule has 12 heteroatoms. The molecule has 63 heavy (non-hydrogen) atoms. The lowest BCUT2D eigenvalue weighted by atomic mass is 10.0. The number of unbranched alkanes of at least 4 members (excludes halogenated alkanes) is 7. The first-order chi connectivity index (χ1) is 30.0. The number of benzene rings is 4. The summed E-state index contributed by atoms with van der Waals surface area (Å²) in [5.41, 5.74) is 7.82. The Kier molecular flexibility index (Phi) is 24.2. The minimum absolute atomic E-state index is 0.0711. The molecule has 0 atom stereocenters. The van der Waals surface area contributed by atoms with Gasteiger partial charge in [0.1, 0.15) is 34.2 Å². The highest BCUT2D eigenvalue weighted by atomic mass is 16.6. The van der Waals surface area contributed by atoms with Gasteiger partial charge >= 0.3 is 12.1 Å². The summed E-state index contributed by atoms with van der Waals surface area (Å²) in [7, 11) is 3.08. The van der Waals surface area contributed by atoms with Gasteiger partial charge in [-0.05, 0) is 98.0 Å². The lowest BCUT2D eigenvalue weighted by Gasteiger charge is -2.19. The van der Waals surface area contributed by atoms with Crippen LogP contribution >= 0.6 is 0 Å². The SMILES string of the molecule is CC(C)(C)OC(=O)NCCCCCCN.COc1ccc(C(=NCCCCCCCC(=O)OC(C)(C)C)c2ccccc2)c(O)c1.COc1ccc(C(=O)c2ccccc2)c(O)c1. The maximum Gasteiger partial charge on any atom is 0.407 e. The number of carbonyl (C=O) groups is 3. The molecule has 0 spiro atoms. The number of ether oxygens (including phenoxy) is 4. The molecular weight excluding hydrogens is 799 g/mol. The standard InChI is InChI=1S/C26H35NO4.C14H12O3.C11H24N2O2/c1-26(2,3)31-24(29)15-11-6-5-7-12-18-27-25(20-13-9-8-10-14-20)22-17-16-21(30-4)19-23(22)28;1-17-11-7-8-12(13(15)9-11)14(16)10-5-3-2-4-6-10;1-11(2,3)15-10(14)13-9-7-5-4-6-8-12/h8-10,13-14,16-17,19,28H,5-7,11-12,15,18H2,1-4H3;2-9,15H,1H3;4-9,12H2,1-3H3,(H,13,14). The van der Waals surface area contributed by atoms with E-state index in [1.807, 2.05) is 90.1 Å². The lowest BCUT2D eigenvalue weighted by molar-refractivity contribution is -0.154. The molecule has 0 bridgehead atoms. The van der Waals surface area contributed by atoms with Crippen LogP contribution < -0.4 is 20.5 Å². The molecule has 0 aromatic heterocycles. The highest BCUT2D eigenvalue weighted by Crippen LogP contribution is 2.27. The second-order valence-electron chi connectivity index (χ2n) is 16.8. The van der Waals surface area contributed by atoms with E-state index in [2.05, 4.69) is 5.32 Å². The van der Waals surface area contributed by atoms with Crippen molar-refractivity contribution in [3.63, 3.8) is 0 Å². The Hall–Kier alpha value is -5.88. The molecule has 4 rings (SSSR count). The van der Waals surface area contributed by atoms with Crippen LogP contribution in [0.4, 0.5) is 4.79 Å². The van der Waals surface area contributed by atoms with Crippen LogP contribution in [0.1, 0.15) is 133 Å². The summed E-state index contributed by atoms with van der Waals surface area (Å²) in [5, 5.41) is 22.9. The number of esters is 1. The maximum absolute atomic E-state index is 12.1. The van der Waals surface area contributed by atoms with Gasteiger partial charge in [0.15, 0.2) is 5.78 Å². The summed E-state index contributed by atoms with van der Waals surface area (Å²) in [4.78, 5) is 39.8. The third kappa shape index (κ3) is 22.7. The van der Waals surface area contributed by atoms with Gasteiger partial charge in [0, 0.05) is 48.3 Å². The number of methoxy groups -OCH3 is 2. The maximum atomic E-state index is 12.1. The number of carbonyl (C=O) groups excluding carboxylic acids is 3. The number of phenols is 2. The Balaban J connectivity index is 0.000000359. The number of hydrogen-bond acceptors (Lipinski definition) is 11. The van der Waals surface area contributed by atoms with Crippen LogP contribution in [0.5, 0.6) is 23.0 Å². The molecule has 0 unspecified atom stereocenters. The minimum Gasteiger partial charge on any atom is -0.507 e. The number of phenolic OH excluding ortho intramolecular Hbond substituents is 2. The van der Waals surface area contributed by atoms with Crippen molar-refractivity contribution in [2.24, 2.45) is 10.7 Å².